The smallest absolute Gasteiger partial charge is 0.0626 e. The van der Waals surface area contributed by atoms with E-state index in [0.717, 1.165) is 13.1 Å². The topological polar surface area (TPSA) is 47.3 Å². The van der Waals surface area contributed by atoms with Crippen LogP contribution in [0.3, 0.4) is 0 Å². The van der Waals surface area contributed by atoms with Crippen LogP contribution < -0.4 is 11.1 Å². The molecule has 0 fully saturated rings. The molecule has 0 aliphatic rings. The normalized spacial score (nSPS) is 13.1. The SMILES string of the molecule is COCC(N)CNCc1cscc1C. The highest BCUT2D eigenvalue weighted by atomic mass is 32.1. The fraction of sp³-hybridized carbons (Fsp3) is 0.600. The van der Waals surface area contributed by atoms with Crippen LogP contribution in [0.2, 0.25) is 0 Å². The maximum Gasteiger partial charge on any atom is 0.0626 e. The van der Waals surface area contributed by atoms with Crippen molar-refractivity contribution in [3.63, 3.8) is 0 Å². The van der Waals surface area contributed by atoms with Gasteiger partial charge in [-0.3, -0.25) is 0 Å². The number of aryl methyl sites for hydroxylation is 1. The molecule has 0 aromatic carbocycles. The van der Waals surface area contributed by atoms with Crippen molar-refractivity contribution in [2.45, 2.75) is 19.5 Å². The third kappa shape index (κ3) is 3.75. The standard InChI is InChI=1S/C10H18N2OS/c1-8-6-14-7-9(8)3-12-4-10(11)5-13-2/h6-7,10,12H,3-5,11H2,1-2H3. The third-order valence-corrected chi connectivity index (χ3v) is 2.97. The van der Waals surface area contributed by atoms with E-state index in [9.17, 15) is 0 Å². The first-order valence-electron chi connectivity index (χ1n) is 4.71. The van der Waals surface area contributed by atoms with Crippen molar-refractivity contribution in [2.75, 3.05) is 20.3 Å². The first-order valence-corrected chi connectivity index (χ1v) is 5.65. The number of methoxy groups -OCH3 is 1. The molecule has 1 rings (SSSR count). The molecule has 0 saturated carbocycles. The van der Waals surface area contributed by atoms with Crippen molar-refractivity contribution in [3.05, 3.63) is 21.9 Å². The second-order valence-electron chi connectivity index (χ2n) is 3.43. The zero-order valence-corrected chi connectivity index (χ0v) is 9.56. The van der Waals surface area contributed by atoms with Crippen LogP contribution in [0.25, 0.3) is 0 Å². The molecule has 3 nitrogen and oxygen atoms in total. The molecule has 1 atom stereocenters. The van der Waals surface area contributed by atoms with Gasteiger partial charge in [-0.1, -0.05) is 0 Å². The fourth-order valence-corrected chi connectivity index (χ4v) is 2.09. The number of ether oxygens (including phenoxy) is 1. The second kappa shape index (κ2) is 6.14. The van der Waals surface area contributed by atoms with E-state index >= 15 is 0 Å². The summed E-state index contributed by atoms with van der Waals surface area (Å²) in [5, 5.41) is 7.64. The number of hydrogen-bond donors (Lipinski definition) is 2. The zero-order valence-electron chi connectivity index (χ0n) is 8.75. The van der Waals surface area contributed by atoms with E-state index < -0.39 is 0 Å². The summed E-state index contributed by atoms with van der Waals surface area (Å²) in [5.74, 6) is 0. The molecule has 3 N–H and O–H groups in total. The van der Waals surface area contributed by atoms with Gasteiger partial charge in [-0.15, -0.1) is 0 Å². The summed E-state index contributed by atoms with van der Waals surface area (Å²) in [5.41, 5.74) is 8.49. The summed E-state index contributed by atoms with van der Waals surface area (Å²) in [7, 11) is 1.67. The van der Waals surface area contributed by atoms with E-state index in [1.807, 2.05) is 0 Å². The minimum absolute atomic E-state index is 0.0824. The van der Waals surface area contributed by atoms with Gasteiger partial charge in [0.25, 0.3) is 0 Å². The number of hydrogen-bond acceptors (Lipinski definition) is 4. The lowest BCUT2D eigenvalue weighted by Gasteiger charge is -2.11. The van der Waals surface area contributed by atoms with Crippen molar-refractivity contribution in [3.8, 4) is 0 Å². The number of thiophene rings is 1. The Morgan fingerprint density at radius 3 is 2.93 bits per heavy atom. The molecule has 0 aliphatic carbocycles. The highest BCUT2D eigenvalue weighted by molar-refractivity contribution is 7.08. The number of nitrogens with two attached hydrogens (primary N) is 1. The molecule has 0 bridgehead atoms. The van der Waals surface area contributed by atoms with Crippen LogP contribution in [-0.2, 0) is 11.3 Å². The highest BCUT2D eigenvalue weighted by Gasteiger charge is 2.02. The molecule has 1 unspecified atom stereocenters. The Balaban J connectivity index is 2.19. The lowest BCUT2D eigenvalue weighted by molar-refractivity contribution is 0.179. The molecule has 0 radical (unpaired) electrons. The predicted molar refractivity (Wildman–Crippen MR) is 60.6 cm³/mol. The molecule has 80 valence electrons. The van der Waals surface area contributed by atoms with Gasteiger partial charge in [0.15, 0.2) is 0 Å². The first kappa shape index (κ1) is 11.7. The Morgan fingerprint density at radius 2 is 2.36 bits per heavy atom. The minimum Gasteiger partial charge on any atom is -0.383 e. The molecule has 1 aromatic heterocycles. The third-order valence-electron chi connectivity index (χ3n) is 2.06. The van der Waals surface area contributed by atoms with Crippen LogP contribution >= 0.6 is 11.3 Å². The van der Waals surface area contributed by atoms with E-state index in [2.05, 4.69) is 23.0 Å². The van der Waals surface area contributed by atoms with Gasteiger partial charge < -0.3 is 15.8 Å². The van der Waals surface area contributed by atoms with Crippen molar-refractivity contribution < 1.29 is 4.74 Å². The Hall–Kier alpha value is -0.420. The molecular formula is C10H18N2OS. The van der Waals surface area contributed by atoms with Gasteiger partial charge >= 0.3 is 0 Å². The quantitative estimate of drug-likeness (QED) is 0.746. The van der Waals surface area contributed by atoms with Crippen molar-refractivity contribution in [1.82, 2.24) is 5.32 Å². The number of nitrogens with one attached hydrogen (secondary N) is 1. The predicted octanol–water partition coefficient (Wildman–Crippen LogP) is 1.12. The molecular weight excluding hydrogens is 196 g/mol. The lowest BCUT2D eigenvalue weighted by atomic mass is 10.2. The molecule has 14 heavy (non-hydrogen) atoms. The molecule has 1 heterocycles. The van der Waals surface area contributed by atoms with Crippen molar-refractivity contribution >= 4 is 11.3 Å². The van der Waals surface area contributed by atoms with Crippen molar-refractivity contribution in [1.29, 1.82) is 0 Å². The monoisotopic (exact) mass is 214 g/mol. The summed E-state index contributed by atoms with van der Waals surface area (Å²) in [4.78, 5) is 0. The van der Waals surface area contributed by atoms with E-state index in [0.29, 0.717) is 6.61 Å². The van der Waals surface area contributed by atoms with Crippen LogP contribution in [0.4, 0.5) is 0 Å². The van der Waals surface area contributed by atoms with E-state index in [-0.39, 0.29) is 6.04 Å². The fourth-order valence-electron chi connectivity index (χ4n) is 1.23. The maximum atomic E-state index is 5.78. The average molecular weight is 214 g/mol. The second-order valence-corrected chi connectivity index (χ2v) is 4.17. The summed E-state index contributed by atoms with van der Waals surface area (Å²) in [6, 6.07) is 0.0824. The Labute approximate surface area is 89.3 Å². The van der Waals surface area contributed by atoms with Crippen LogP contribution in [0, 0.1) is 6.92 Å². The van der Waals surface area contributed by atoms with Gasteiger partial charge in [0.1, 0.15) is 0 Å². The van der Waals surface area contributed by atoms with Crippen LogP contribution in [0.1, 0.15) is 11.1 Å². The van der Waals surface area contributed by atoms with Gasteiger partial charge in [0, 0.05) is 26.2 Å². The maximum absolute atomic E-state index is 5.78. The Morgan fingerprint density at radius 1 is 1.57 bits per heavy atom. The minimum atomic E-state index is 0.0824. The lowest BCUT2D eigenvalue weighted by Crippen LogP contribution is -2.37. The molecule has 0 aliphatic heterocycles. The van der Waals surface area contributed by atoms with E-state index in [1.165, 1.54) is 11.1 Å². The summed E-state index contributed by atoms with van der Waals surface area (Å²) in [6.07, 6.45) is 0. The van der Waals surface area contributed by atoms with Gasteiger partial charge in [-0.2, -0.15) is 11.3 Å². The molecule has 0 amide bonds. The molecule has 0 saturated heterocycles. The van der Waals surface area contributed by atoms with Crippen LogP contribution in [0.15, 0.2) is 10.8 Å². The number of rotatable bonds is 6. The van der Waals surface area contributed by atoms with E-state index in [4.69, 9.17) is 10.5 Å². The molecule has 4 heteroatoms. The van der Waals surface area contributed by atoms with Crippen LogP contribution in [-0.4, -0.2) is 26.3 Å². The molecule has 0 spiro atoms. The largest absolute Gasteiger partial charge is 0.383 e. The van der Waals surface area contributed by atoms with Crippen molar-refractivity contribution in [2.24, 2.45) is 5.73 Å². The van der Waals surface area contributed by atoms with Gasteiger partial charge in [-0.05, 0) is 28.8 Å². The van der Waals surface area contributed by atoms with E-state index in [1.54, 1.807) is 18.4 Å². The van der Waals surface area contributed by atoms with Gasteiger partial charge in [0.2, 0.25) is 0 Å². The highest BCUT2D eigenvalue weighted by Crippen LogP contribution is 2.12. The first-order chi connectivity index (χ1) is 6.74. The molecule has 1 aromatic rings. The zero-order chi connectivity index (χ0) is 10.4. The Kier molecular flexibility index (Phi) is 5.11. The summed E-state index contributed by atoms with van der Waals surface area (Å²) < 4.78 is 4.95. The summed E-state index contributed by atoms with van der Waals surface area (Å²) in [6.45, 7) is 4.42. The average Bonchev–Trinajstić information content (AvgIpc) is 2.52. The Bertz CT molecular complexity index is 262. The van der Waals surface area contributed by atoms with Crippen LogP contribution in [0.5, 0.6) is 0 Å². The summed E-state index contributed by atoms with van der Waals surface area (Å²) >= 11 is 1.74. The van der Waals surface area contributed by atoms with Gasteiger partial charge in [-0.25, -0.2) is 0 Å². The van der Waals surface area contributed by atoms with Gasteiger partial charge in [0.05, 0.1) is 6.61 Å².